The molecule has 0 aliphatic carbocycles. The van der Waals surface area contributed by atoms with Crippen molar-refractivity contribution in [1.82, 2.24) is 0 Å². The third kappa shape index (κ3) is 1.96. The minimum Gasteiger partial charge on any atom is -0.463 e. The molecule has 0 saturated carbocycles. The number of fused-ring (bicyclic) bond motifs is 1. The van der Waals surface area contributed by atoms with Gasteiger partial charge < -0.3 is 9.15 Å². The zero-order chi connectivity index (χ0) is 12.4. The van der Waals surface area contributed by atoms with Crippen LogP contribution in [0.5, 0.6) is 0 Å². The van der Waals surface area contributed by atoms with Gasteiger partial charge in [-0.15, -0.1) is 0 Å². The minimum atomic E-state index is -0.549. The Labute approximate surface area is 95.9 Å². The van der Waals surface area contributed by atoms with Crippen molar-refractivity contribution in [3.05, 3.63) is 40.1 Å². The van der Waals surface area contributed by atoms with Gasteiger partial charge in [0.2, 0.25) is 0 Å². The number of hydrogen-bond acceptors (Lipinski definition) is 5. The van der Waals surface area contributed by atoms with Gasteiger partial charge in [-0.1, -0.05) is 0 Å². The van der Waals surface area contributed by atoms with Crippen LogP contribution in [-0.4, -0.2) is 17.5 Å². The maximum atomic E-state index is 11.5. The van der Waals surface area contributed by atoms with E-state index in [2.05, 4.69) is 0 Å². The molecule has 6 heteroatoms. The van der Waals surface area contributed by atoms with Crippen molar-refractivity contribution >= 4 is 22.6 Å². The molecule has 0 aliphatic heterocycles. The molecule has 0 unspecified atom stereocenters. The van der Waals surface area contributed by atoms with E-state index in [1.165, 1.54) is 24.5 Å². The molecular formula is C11H9NO5. The molecule has 0 bridgehead atoms. The molecule has 88 valence electrons. The smallest absolute Gasteiger partial charge is 0.342 e. The number of carbonyl (C=O) groups is 1. The second-order valence-corrected chi connectivity index (χ2v) is 3.31. The van der Waals surface area contributed by atoms with E-state index >= 15 is 0 Å². The third-order valence-electron chi connectivity index (χ3n) is 2.26. The van der Waals surface area contributed by atoms with E-state index in [0.717, 1.165) is 0 Å². The topological polar surface area (TPSA) is 82.6 Å². The van der Waals surface area contributed by atoms with Crippen LogP contribution in [0.2, 0.25) is 0 Å². The van der Waals surface area contributed by atoms with Crippen LogP contribution in [0.4, 0.5) is 5.69 Å². The van der Waals surface area contributed by atoms with Gasteiger partial charge in [-0.05, 0) is 13.0 Å². The summed E-state index contributed by atoms with van der Waals surface area (Å²) in [4.78, 5) is 21.7. The first kappa shape index (κ1) is 11.1. The van der Waals surface area contributed by atoms with Crippen LogP contribution in [-0.2, 0) is 4.74 Å². The van der Waals surface area contributed by atoms with Gasteiger partial charge in [-0.2, -0.15) is 0 Å². The Morgan fingerprint density at radius 1 is 1.53 bits per heavy atom. The number of benzene rings is 1. The average molecular weight is 235 g/mol. The van der Waals surface area contributed by atoms with Crippen molar-refractivity contribution in [2.45, 2.75) is 6.92 Å². The van der Waals surface area contributed by atoms with Crippen LogP contribution in [0, 0.1) is 10.1 Å². The number of furan rings is 1. The number of hydrogen-bond donors (Lipinski definition) is 0. The predicted octanol–water partition coefficient (Wildman–Crippen LogP) is 2.52. The van der Waals surface area contributed by atoms with Gasteiger partial charge >= 0.3 is 5.97 Å². The Bertz CT molecular complexity index is 587. The summed E-state index contributed by atoms with van der Waals surface area (Å²) in [5.41, 5.74) is 0.522. The summed E-state index contributed by atoms with van der Waals surface area (Å²) in [5.74, 6) is -0.549. The number of non-ortho nitro benzene ring substituents is 1. The molecule has 1 aromatic carbocycles. The van der Waals surface area contributed by atoms with Crippen molar-refractivity contribution in [3.8, 4) is 0 Å². The lowest BCUT2D eigenvalue weighted by atomic mass is 10.1. The maximum absolute atomic E-state index is 11.5. The number of rotatable bonds is 3. The molecule has 1 aromatic heterocycles. The molecule has 0 radical (unpaired) electrons. The zero-order valence-corrected chi connectivity index (χ0v) is 9.00. The van der Waals surface area contributed by atoms with E-state index in [4.69, 9.17) is 9.15 Å². The van der Waals surface area contributed by atoms with Crippen molar-refractivity contribution in [2.75, 3.05) is 6.61 Å². The molecule has 0 amide bonds. The number of nitrogens with zero attached hydrogens (tertiary/aromatic N) is 1. The van der Waals surface area contributed by atoms with E-state index in [0.29, 0.717) is 11.0 Å². The third-order valence-corrected chi connectivity index (χ3v) is 2.26. The molecule has 0 atom stereocenters. The van der Waals surface area contributed by atoms with Crippen LogP contribution < -0.4 is 0 Å². The zero-order valence-electron chi connectivity index (χ0n) is 9.00. The fourth-order valence-electron chi connectivity index (χ4n) is 1.50. The molecule has 2 rings (SSSR count). The molecule has 0 aliphatic rings. The summed E-state index contributed by atoms with van der Waals surface area (Å²) in [7, 11) is 0. The molecule has 0 saturated heterocycles. The first-order valence-corrected chi connectivity index (χ1v) is 4.96. The van der Waals surface area contributed by atoms with Crippen LogP contribution >= 0.6 is 0 Å². The van der Waals surface area contributed by atoms with Crippen LogP contribution in [0.1, 0.15) is 17.3 Å². The molecule has 0 N–H and O–H groups in total. The lowest BCUT2D eigenvalue weighted by molar-refractivity contribution is -0.384. The van der Waals surface area contributed by atoms with Crippen molar-refractivity contribution < 1.29 is 18.9 Å². The molecule has 6 nitrogen and oxygen atoms in total. The number of nitro groups is 1. The predicted molar refractivity (Wildman–Crippen MR) is 58.8 cm³/mol. The first-order valence-electron chi connectivity index (χ1n) is 4.96. The van der Waals surface area contributed by atoms with Crippen LogP contribution in [0.25, 0.3) is 11.0 Å². The number of ether oxygens (including phenoxy) is 1. The summed E-state index contributed by atoms with van der Waals surface area (Å²) in [6.07, 6.45) is 1.24. The summed E-state index contributed by atoms with van der Waals surface area (Å²) in [6, 6.07) is 4.07. The number of carbonyl (C=O) groups excluding carboxylic acids is 1. The molecule has 2 aromatic rings. The standard InChI is InChI=1S/C11H9NO5/c1-2-16-11(13)9-6-17-10-4-3-7(12(14)15)5-8(9)10/h3-6H,2H2,1H3. The van der Waals surface area contributed by atoms with Crippen LogP contribution in [0.3, 0.4) is 0 Å². The Kier molecular flexibility index (Phi) is 2.78. The highest BCUT2D eigenvalue weighted by Gasteiger charge is 2.17. The van der Waals surface area contributed by atoms with Crippen LogP contribution in [0.15, 0.2) is 28.9 Å². The van der Waals surface area contributed by atoms with E-state index in [9.17, 15) is 14.9 Å². The normalized spacial score (nSPS) is 10.4. The van der Waals surface area contributed by atoms with Crippen molar-refractivity contribution in [2.24, 2.45) is 0 Å². The molecule has 1 heterocycles. The summed E-state index contributed by atoms with van der Waals surface area (Å²) in [5, 5.41) is 11.0. The Morgan fingerprint density at radius 3 is 2.94 bits per heavy atom. The van der Waals surface area contributed by atoms with E-state index in [1.807, 2.05) is 0 Å². The molecule has 0 fully saturated rings. The van der Waals surface area contributed by atoms with E-state index in [-0.39, 0.29) is 17.9 Å². The SMILES string of the molecule is CCOC(=O)c1coc2ccc([N+](=O)[O-])cc12. The van der Waals surface area contributed by atoms with Gasteiger partial charge in [-0.3, -0.25) is 10.1 Å². The maximum Gasteiger partial charge on any atom is 0.342 e. The fraction of sp³-hybridized carbons (Fsp3) is 0.182. The molecular weight excluding hydrogens is 226 g/mol. The molecule has 0 spiro atoms. The number of nitro benzene ring substituents is 1. The van der Waals surface area contributed by atoms with Gasteiger partial charge in [0, 0.05) is 17.5 Å². The highest BCUT2D eigenvalue weighted by molar-refractivity contribution is 6.03. The quantitative estimate of drug-likeness (QED) is 0.463. The number of esters is 1. The lowest BCUT2D eigenvalue weighted by Gasteiger charge is -1.98. The second kappa shape index (κ2) is 4.25. The average Bonchev–Trinajstić information content (AvgIpc) is 2.71. The van der Waals surface area contributed by atoms with Gasteiger partial charge in [-0.25, -0.2) is 4.79 Å². The Morgan fingerprint density at radius 2 is 2.29 bits per heavy atom. The van der Waals surface area contributed by atoms with Gasteiger partial charge in [0.05, 0.1) is 11.5 Å². The monoisotopic (exact) mass is 235 g/mol. The minimum absolute atomic E-state index is 0.0931. The van der Waals surface area contributed by atoms with E-state index in [1.54, 1.807) is 6.92 Å². The van der Waals surface area contributed by atoms with E-state index < -0.39 is 10.9 Å². The van der Waals surface area contributed by atoms with Crippen molar-refractivity contribution in [1.29, 1.82) is 0 Å². The largest absolute Gasteiger partial charge is 0.463 e. The van der Waals surface area contributed by atoms with Gasteiger partial charge in [0.1, 0.15) is 17.4 Å². The Balaban J connectivity index is 2.54. The fourth-order valence-corrected chi connectivity index (χ4v) is 1.50. The van der Waals surface area contributed by atoms with Crippen molar-refractivity contribution in [3.63, 3.8) is 0 Å². The van der Waals surface area contributed by atoms with Gasteiger partial charge in [0.25, 0.3) is 5.69 Å². The highest BCUT2D eigenvalue weighted by atomic mass is 16.6. The van der Waals surface area contributed by atoms with Gasteiger partial charge in [0.15, 0.2) is 0 Å². The molecule has 17 heavy (non-hydrogen) atoms. The summed E-state index contributed by atoms with van der Waals surface area (Å²) in [6.45, 7) is 1.92. The second-order valence-electron chi connectivity index (χ2n) is 3.31. The first-order chi connectivity index (χ1) is 8.13. The lowest BCUT2D eigenvalue weighted by Crippen LogP contribution is -2.03. The highest BCUT2D eigenvalue weighted by Crippen LogP contribution is 2.26. The summed E-state index contributed by atoms with van der Waals surface area (Å²) < 4.78 is 9.95. The summed E-state index contributed by atoms with van der Waals surface area (Å²) >= 11 is 0. The Hall–Kier alpha value is -2.37.